The minimum atomic E-state index is -1.07. The second-order valence-corrected chi connectivity index (χ2v) is 7.17. The number of carboxylic acid groups (broad SMARTS) is 1. The fourth-order valence-electron chi connectivity index (χ4n) is 2.46. The van der Waals surface area contributed by atoms with Gasteiger partial charge in [0.25, 0.3) is 0 Å². The third-order valence-electron chi connectivity index (χ3n) is 3.66. The highest BCUT2D eigenvalue weighted by Gasteiger charge is 2.19. The van der Waals surface area contributed by atoms with Crippen molar-refractivity contribution in [3.8, 4) is 10.8 Å². The Labute approximate surface area is 161 Å². The van der Waals surface area contributed by atoms with Crippen LogP contribution in [-0.4, -0.2) is 20.6 Å². The zero-order valence-corrected chi connectivity index (χ0v) is 15.3. The van der Waals surface area contributed by atoms with Crippen molar-refractivity contribution < 1.29 is 19.1 Å². The lowest BCUT2D eigenvalue weighted by Crippen LogP contribution is -1.99. The lowest BCUT2D eigenvalue weighted by atomic mass is 10.3. The molecule has 0 aliphatic heterocycles. The third kappa shape index (κ3) is 3.05. The summed E-state index contributed by atoms with van der Waals surface area (Å²) in [6.07, 6.45) is 3.12. The van der Waals surface area contributed by atoms with Crippen LogP contribution in [0.2, 0.25) is 10.0 Å². The minimum absolute atomic E-state index is 0.0912. The number of rotatable bonds is 5. The van der Waals surface area contributed by atoms with Crippen LogP contribution < -0.4 is 4.74 Å². The molecule has 1 aromatic carbocycles. The smallest absolute Gasteiger partial charge is 0.349 e. The first-order chi connectivity index (χ1) is 12.5. The highest BCUT2D eigenvalue weighted by Crippen LogP contribution is 2.35. The largest absolute Gasteiger partial charge is 0.484 e. The number of carbonyl (C=O) groups is 1. The van der Waals surface area contributed by atoms with Gasteiger partial charge >= 0.3 is 5.97 Å². The molecule has 3 aromatic heterocycles. The summed E-state index contributed by atoms with van der Waals surface area (Å²) in [5.74, 6) is -0.208. The predicted molar refractivity (Wildman–Crippen MR) is 99.0 cm³/mol. The number of fused-ring (bicyclic) bond motifs is 1. The van der Waals surface area contributed by atoms with Gasteiger partial charge in [-0.3, -0.25) is 4.57 Å². The Kier molecular flexibility index (Phi) is 4.36. The predicted octanol–water partition coefficient (Wildman–Crippen LogP) is 5.26. The third-order valence-corrected chi connectivity index (χ3v) is 5.48. The van der Waals surface area contributed by atoms with Crippen molar-refractivity contribution in [2.24, 2.45) is 0 Å². The van der Waals surface area contributed by atoms with Gasteiger partial charge < -0.3 is 14.3 Å². The summed E-state index contributed by atoms with van der Waals surface area (Å²) in [6.45, 7) is 0.134. The van der Waals surface area contributed by atoms with E-state index >= 15 is 0 Å². The molecule has 0 bridgehead atoms. The monoisotopic (exact) mass is 408 g/mol. The molecule has 3 heterocycles. The molecule has 26 heavy (non-hydrogen) atoms. The summed E-state index contributed by atoms with van der Waals surface area (Å²) in [4.78, 5) is 16.0. The van der Waals surface area contributed by atoms with Gasteiger partial charge in [0.15, 0.2) is 4.88 Å². The van der Waals surface area contributed by atoms with Crippen molar-refractivity contribution in [1.82, 2.24) is 9.55 Å². The maximum absolute atomic E-state index is 11.6. The summed E-state index contributed by atoms with van der Waals surface area (Å²) in [6, 6.07) is 8.50. The number of nitrogens with zero attached hydrogens (tertiary/aromatic N) is 2. The molecule has 0 amide bonds. The van der Waals surface area contributed by atoms with Crippen molar-refractivity contribution >= 4 is 51.5 Å². The zero-order chi connectivity index (χ0) is 18.3. The Bertz CT molecular complexity index is 1100. The molecule has 0 atom stereocenters. The van der Waals surface area contributed by atoms with Crippen LogP contribution in [0.4, 0.5) is 0 Å². The highest BCUT2D eigenvalue weighted by atomic mass is 35.5. The van der Waals surface area contributed by atoms with Gasteiger partial charge in [-0.15, -0.1) is 11.3 Å². The maximum atomic E-state index is 11.6. The van der Waals surface area contributed by atoms with E-state index in [4.69, 9.17) is 32.4 Å². The van der Waals surface area contributed by atoms with Crippen molar-refractivity contribution in [3.63, 3.8) is 0 Å². The molecular formula is C17H10Cl2N2O4S. The molecule has 0 aliphatic rings. The van der Waals surface area contributed by atoms with Gasteiger partial charge in [0.1, 0.15) is 29.4 Å². The highest BCUT2D eigenvalue weighted by molar-refractivity contribution is 7.16. The first kappa shape index (κ1) is 17.0. The van der Waals surface area contributed by atoms with Gasteiger partial charge in [-0.1, -0.05) is 23.2 Å². The summed E-state index contributed by atoms with van der Waals surface area (Å²) in [5.41, 5.74) is 1.37. The maximum Gasteiger partial charge on any atom is 0.349 e. The van der Waals surface area contributed by atoms with E-state index in [1.165, 1.54) is 6.26 Å². The fourth-order valence-corrected chi connectivity index (χ4v) is 3.70. The van der Waals surface area contributed by atoms with E-state index in [1.54, 1.807) is 41.2 Å². The van der Waals surface area contributed by atoms with Crippen LogP contribution in [0.1, 0.15) is 15.4 Å². The summed E-state index contributed by atoms with van der Waals surface area (Å²) >= 11 is 13.2. The Morgan fingerprint density at radius 2 is 2.12 bits per heavy atom. The molecular weight excluding hydrogens is 399 g/mol. The van der Waals surface area contributed by atoms with Crippen LogP contribution in [0.3, 0.4) is 0 Å². The molecule has 6 nitrogen and oxygen atoms in total. The van der Waals surface area contributed by atoms with Crippen LogP contribution in [0.15, 0.2) is 47.3 Å². The lowest BCUT2D eigenvalue weighted by molar-refractivity contribution is 0.0697. The van der Waals surface area contributed by atoms with E-state index in [1.807, 2.05) is 0 Å². The molecule has 0 unspecified atom stereocenters. The van der Waals surface area contributed by atoms with Gasteiger partial charge in [-0.2, -0.15) is 0 Å². The van der Waals surface area contributed by atoms with Gasteiger partial charge in [-0.05, 0) is 24.3 Å². The van der Waals surface area contributed by atoms with Gasteiger partial charge in [-0.25, -0.2) is 9.78 Å². The molecule has 0 fully saturated rings. The van der Waals surface area contributed by atoms with E-state index in [0.717, 1.165) is 16.9 Å². The van der Waals surface area contributed by atoms with Crippen LogP contribution in [0, 0.1) is 0 Å². The number of ether oxygens (including phenoxy) is 1. The Morgan fingerprint density at radius 1 is 1.31 bits per heavy atom. The molecule has 4 aromatic rings. The molecule has 0 aliphatic carbocycles. The van der Waals surface area contributed by atoms with E-state index in [2.05, 4.69) is 4.98 Å². The minimum Gasteiger partial charge on any atom is -0.484 e. The molecule has 1 N–H and O–H groups in total. The molecule has 0 spiro atoms. The van der Waals surface area contributed by atoms with E-state index in [0.29, 0.717) is 26.3 Å². The number of thiophene rings is 1. The van der Waals surface area contributed by atoms with Crippen molar-refractivity contribution in [2.75, 3.05) is 0 Å². The van der Waals surface area contributed by atoms with Crippen molar-refractivity contribution in [1.29, 1.82) is 0 Å². The van der Waals surface area contributed by atoms with E-state index in [-0.39, 0.29) is 17.2 Å². The number of aromatic nitrogens is 2. The molecule has 0 radical (unpaired) electrons. The van der Waals surface area contributed by atoms with Crippen molar-refractivity contribution in [3.05, 3.63) is 63.6 Å². The SMILES string of the molecule is O=C(O)c1sc(-n2cnc3cc(Cl)c(Cl)cc32)cc1OCc1ccco1. The summed E-state index contributed by atoms with van der Waals surface area (Å²) in [7, 11) is 0. The van der Waals surface area contributed by atoms with Crippen LogP contribution in [0.5, 0.6) is 5.75 Å². The molecule has 9 heteroatoms. The normalized spacial score (nSPS) is 11.2. The van der Waals surface area contributed by atoms with Gasteiger partial charge in [0.05, 0.1) is 27.3 Å². The Morgan fingerprint density at radius 3 is 2.85 bits per heavy atom. The number of hydrogen-bond acceptors (Lipinski definition) is 5. The Hall–Kier alpha value is -2.48. The number of aromatic carboxylic acids is 1. The molecule has 0 saturated heterocycles. The second kappa shape index (κ2) is 6.68. The first-order valence-corrected chi connectivity index (χ1v) is 8.95. The molecule has 0 saturated carbocycles. The van der Waals surface area contributed by atoms with Crippen LogP contribution >= 0.6 is 34.5 Å². The average molecular weight is 409 g/mol. The quantitative estimate of drug-likeness (QED) is 0.486. The number of imidazole rings is 1. The summed E-state index contributed by atoms with van der Waals surface area (Å²) in [5, 5.41) is 10.9. The second-order valence-electron chi connectivity index (χ2n) is 5.32. The topological polar surface area (TPSA) is 77.5 Å². The van der Waals surface area contributed by atoms with E-state index < -0.39 is 5.97 Å². The number of hydrogen-bond donors (Lipinski definition) is 1. The average Bonchev–Trinajstić information content (AvgIpc) is 3.32. The number of halogens is 2. The number of furan rings is 1. The first-order valence-electron chi connectivity index (χ1n) is 7.37. The van der Waals surface area contributed by atoms with Gasteiger partial charge in [0.2, 0.25) is 0 Å². The zero-order valence-electron chi connectivity index (χ0n) is 13.0. The van der Waals surface area contributed by atoms with Gasteiger partial charge in [0, 0.05) is 6.07 Å². The Balaban J connectivity index is 1.74. The van der Waals surface area contributed by atoms with Crippen LogP contribution in [0.25, 0.3) is 16.0 Å². The molecule has 132 valence electrons. The van der Waals surface area contributed by atoms with E-state index in [9.17, 15) is 9.90 Å². The number of carboxylic acids is 1. The standard InChI is InChI=1S/C17H10Cl2N2O4S/c18-10-4-12-13(5-11(10)19)21(8-20-12)15-6-14(16(26-15)17(22)23)25-7-9-2-1-3-24-9/h1-6,8H,7H2,(H,22,23). The number of benzene rings is 1. The van der Waals surface area contributed by atoms with Crippen molar-refractivity contribution in [2.45, 2.75) is 6.61 Å². The lowest BCUT2D eigenvalue weighted by Gasteiger charge is -2.02. The molecule has 4 rings (SSSR count). The van der Waals surface area contributed by atoms with Crippen LogP contribution in [-0.2, 0) is 6.61 Å². The fraction of sp³-hybridized carbons (Fsp3) is 0.0588. The summed E-state index contributed by atoms with van der Waals surface area (Å²) < 4.78 is 12.6.